The summed E-state index contributed by atoms with van der Waals surface area (Å²) in [6, 6.07) is 55.3. The molecule has 9 aromatic rings. The molecule has 0 saturated heterocycles. The molecule has 0 radical (unpaired) electrons. The van der Waals surface area contributed by atoms with E-state index in [2.05, 4.69) is 166 Å². The third kappa shape index (κ3) is 6.93. The summed E-state index contributed by atoms with van der Waals surface area (Å²) in [6.07, 6.45) is 5.91. The van der Waals surface area contributed by atoms with E-state index in [-0.39, 0.29) is 26.5 Å². The third-order valence-corrected chi connectivity index (χ3v) is 9.94. The number of ether oxygens (including phenoxy) is 1. The zero-order valence-corrected chi connectivity index (χ0v) is 33.3. The van der Waals surface area contributed by atoms with Crippen molar-refractivity contribution >= 4 is 21.8 Å². The number of pyridine rings is 1. The Bertz CT molecular complexity index is 2730. The molecular weight excluding hydrogens is 856 g/mol. The van der Waals surface area contributed by atoms with Gasteiger partial charge in [0, 0.05) is 40.5 Å². The predicted octanol–water partition coefficient (Wildman–Crippen LogP) is 12.4. The van der Waals surface area contributed by atoms with Crippen LogP contribution in [-0.4, -0.2) is 19.3 Å². The van der Waals surface area contributed by atoms with Gasteiger partial charge in [-0.05, 0) is 75.0 Å². The van der Waals surface area contributed by atoms with Crippen LogP contribution in [0, 0.1) is 19.1 Å². The molecule has 0 aliphatic carbocycles. The fourth-order valence-electron chi connectivity index (χ4n) is 7.30. The van der Waals surface area contributed by atoms with Crippen LogP contribution in [0.3, 0.4) is 0 Å². The first-order valence-electron chi connectivity index (χ1n) is 18.2. The summed E-state index contributed by atoms with van der Waals surface area (Å²) >= 11 is 0. The van der Waals surface area contributed by atoms with E-state index in [1.54, 1.807) is 0 Å². The van der Waals surface area contributed by atoms with Crippen molar-refractivity contribution in [2.75, 3.05) is 0 Å². The van der Waals surface area contributed by atoms with E-state index in [0.29, 0.717) is 11.5 Å². The van der Waals surface area contributed by atoms with Gasteiger partial charge in [-0.1, -0.05) is 117 Å². The van der Waals surface area contributed by atoms with E-state index in [1.165, 1.54) is 22.3 Å². The summed E-state index contributed by atoms with van der Waals surface area (Å²) in [5.74, 6) is 2.01. The maximum Gasteiger partial charge on any atom is 2.00 e. The van der Waals surface area contributed by atoms with E-state index in [9.17, 15) is 0 Å². The Morgan fingerprint density at radius 3 is 2.02 bits per heavy atom. The van der Waals surface area contributed by atoms with Crippen molar-refractivity contribution in [2.24, 2.45) is 0 Å². The standard InChI is InChI=1S/C49H38N4O.Pt/c1-33-26-43(34-14-7-5-8-15-34)48(44(27-33)35-16-9-6-10-17-35)36-31-51-52(32-36)38-18-13-19-39(29-38)54-40-22-23-42-41-20-11-12-21-45(41)53(46(42)30-40)47-28-37(24-25-50-47)49(2,3)4;/h5-28,31-32H,1-4H3;/q-2;+2. The minimum Gasteiger partial charge on any atom is -0.509 e. The molecule has 0 unspecified atom stereocenters. The normalized spacial score (nSPS) is 11.5. The van der Waals surface area contributed by atoms with Gasteiger partial charge < -0.3 is 9.30 Å². The van der Waals surface area contributed by atoms with E-state index >= 15 is 0 Å². The Morgan fingerprint density at radius 1 is 0.636 bits per heavy atom. The van der Waals surface area contributed by atoms with Gasteiger partial charge in [0.25, 0.3) is 0 Å². The Balaban J connectivity index is 0.00000427. The zero-order valence-electron chi connectivity index (χ0n) is 31.0. The number of rotatable bonds is 7. The van der Waals surface area contributed by atoms with Crippen LogP contribution in [0.2, 0.25) is 0 Å². The molecular formula is C49H38N4OPt. The average Bonchev–Trinajstić information content (AvgIpc) is 3.81. The van der Waals surface area contributed by atoms with Gasteiger partial charge in [0.15, 0.2) is 0 Å². The Morgan fingerprint density at radius 2 is 1.31 bits per heavy atom. The van der Waals surface area contributed by atoms with Crippen LogP contribution in [0.4, 0.5) is 0 Å². The quantitative estimate of drug-likeness (QED) is 0.150. The fraction of sp³-hybridized carbons (Fsp3) is 0.102. The maximum absolute atomic E-state index is 6.49. The molecule has 0 saturated carbocycles. The van der Waals surface area contributed by atoms with Crippen molar-refractivity contribution in [3.05, 3.63) is 181 Å². The van der Waals surface area contributed by atoms with Crippen LogP contribution < -0.4 is 4.74 Å². The number of nitrogens with zero attached hydrogens (tertiary/aromatic N) is 4. The molecule has 9 rings (SSSR count). The van der Waals surface area contributed by atoms with Crippen LogP contribution in [-0.2, 0) is 26.5 Å². The Labute approximate surface area is 336 Å². The number of benzene rings is 6. The number of aryl methyl sites for hydroxylation is 1. The number of fused-ring (bicyclic) bond motifs is 3. The first-order valence-corrected chi connectivity index (χ1v) is 18.2. The molecule has 0 aliphatic rings. The molecule has 0 spiro atoms. The van der Waals surface area contributed by atoms with Gasteiger partial charge in [0.1, 0.15) is 5.82 Å². The molecule has 55 heavy (non-hydrogen) atoms. The van der Waals surface area contributed by atoms with Gasteiger partial charge >= 0.3 is 21.1 Å². The van der Waals surface area contributed by atoms with Crippen molar-refractivity contribution in [3.63, 3.8) is 0 Å². The average molecular weight is 894 g/mol. The topological polar surface area (TPSA) is 44.9 Å². The van der Waals surface area contributed by atoms with Gasteiger partial charge in [-0.3, -0.25) is 4.68 Å². The molecule has 3 heterocycles. The molecule has 0 N–H and O–H groups in total. The van der Waals surface area contributed by atoms with Crippen LogP contribution in [0.1, 0.15) is 31.9 Å². The molecule has 3 aromatic heterocycles. The van der Waals surface area contributed by atoms with Crippen molar-refractivity contribution in [1.29, 1.82) is 0 Å². The van der Waals surface area contributed by atoms with Crippen LogP contribution in [0.5, 0.6) is 11.5 Å². The van der Waals surface area contributed by atoms with E-state index in [4.69, 9.17) is 14.8 Å². The summed E-state index contributed by atoms with van der Waals surface area (Å²) < 4.78 is 10.5. The van der Waals surface area contributed by atoms with Crippen LogP contribution in [0.15, 0.2) is 158 Å². The molecule has 0 amide bonds. The number of hydrogen-bond donors (Lipinski definition) is 0. The second-order valence-corrected chi connectivity index (χ2v) is 14.7. The second kappa shape index (κ2) is 14.7. The first kappa shape index (κ1) is 36.0. The maximum atomic E-state index is 6.49. The number of aromatic nitrogens is 4. The molecule has 0 bridgehead atoms. The summed E-state index contributed by atoms with van der Waals surface area (Å²) in [5.41, 5.74) is 12.0. The van der Waals surface area contributed by atoms with Crippen molar-refractivity contribution in [1.82, 2.24) is 19.3 Å². The molecule has 0 fully saturated rings. The van der Waals surface area contributed by atoms with Crippen molar-refractivity contribution in [2.45, 2.75) is 33.1 Å². The molecule has 0 atom stereocenters. The van der Waals surface area contributed by atoms with Crippen molar-refractivity contribution < 1.29 is 25.8 Å². The SMILES string of the molecule is Cc1cc(-c2ccccc2)c(-c2cnn(-c3[c-]c(Oc4[c-]c5c(cc4)c4ccccc4n5-c4cc(C(C)(C)C)ccn4)ccc3)c2)c(-c2ccccc2)c1.[Pt+2]. The minimum absolute atomic E-state index is 0. The molecule has 6 heteroatoms. The monoisotopic (exact) mass is 893 g/mol. The van der Waals surface area contributed by atoms with E-state index in [1.807, 2.05) is 41.3 Å². The second-order valence-electron chi connectivity index (χ2n) is 14.7. The number of hydrogen-bond acceptors (Lipinski definition) is 3. The van der Waals surface area contributed by atoms with Gasteiger partial charge in [0.05, 0.1) is 6.20 Å². The molecule has 270 valence electrons. The van der Waals surface area contributed by atoms with Gasteiger partial charge in [-0.2, -0.15) is 17.2 Å². The molecule has 5 nitrogen and oxygen atoms in total. The summed E-state index contributed by atoms with van der Waals surface area (Å²) in [7, 11) is 0. The number of para-hydroxylation sites is 1. The Hall–Kier alpha value is -6.03. The van der Waals surface area contributed by atoms with E-state index in [0.717, 1.165) is 55.6 Å². The summed E-state index contributed by atoms with van der Waals surface area (Å²) in [5, 5.41) is 7.08. The molecule has 6 aromatic carbocycles. The zero-order chi connectivity index (χ0) is 36.8. The fourth-order valence-corrected chi connectivity index (χ4v) is 7.30. The summed E-state index contributed by atoms with van der Waals surface area (Å²) in [4.78, 5) is 4.81. The Kier molecular flexibility index (Phi) is 9.59. The smallest absolute Gasteiger partial charge is 0.509 e. The minimum atomic E-state index is -0.0148. The summed E-state index contributed by atoms with van der Waals surface area (Å²) in [6.45, 7) is 8.81. The van der Waals surface area contributed by atoms with E-state index < -0.39 is 0 Å². The largest absolute Gasteiger partial charge is 2.00 e. The van der Waals surface area contributed by atoms with Gasteiger partial charge in [-0.15, -0.1) is 35.7 Å². The first-order chi connectivity index (χ1) is 26.3. The van der Waals surface area contributed by atoms with Gasteiger partial charge in [-0.25, -0.2) is 4.98 Å². The van der Waals surface area contributed by atoms with Gasteiger partial charge in [0.2, 0.25) is 0 Å². The molecule has 0 aliphatic heterocycles. The van der Waals surface area contributed by atoms with Crippen molar-refractivity contribution in [3.8, 4) is 56.4 Å². The third-order valence-electron chi connectivity index (χ3n) is 9.94. The van der Waals surface area contributed by atoms with Crippen LogP contribution >= 0.6 is 0 Å². The predicted molar refractivity (Wildman–Crippen MR) is 220 cm³/mol. The van der Waals surface area contributed by atoms with Crippen LogP contribution in [0.25, 0.3) is 66.7 Å².